The van der Waals surface area contributed by atoms with Crippen LogP contribution >= 0.6 is 0 Å². The summed E-state index contributed by atoms with van der Waals surface area (Å²) in [5.74, 6) is 1.54. The van der Waals surface area contributed by atoms with Crippen molar-refractivity contribution in [3.8, 4) is 0 Å². The molecule has 2 saturated heterocycles. The molecule has 0 N–H and O–H groups in total. The highest BCUT2D eigenvalue weighted by Gasteiger charge is 2.42. The van der Waals surface area contributed by atoms with Crippen molar-refractivity contribution >= 4 is 11.7 Å². The summed E-state index contributed by atoms with van der Waals surface area (Å²) in [5, 5.41) is 0. The summed E-state index contributed by atoms with van der Waals surface area (Å²) in [6, 6.07) is 1.74. The van der Waals surface area contributed by atoms with Crippen LogP contribution in [0, 0.1) is 6.92 Å². The first kappa shape index (κ1) is 16.1. The van der Waals surface area contributed by atoms with Crippen LogP contribution in [0.15, 0.2) is 35.3 Å². The van der Waals surface area contributed by atoms with E-state index in [9.17, 15) is 4.79 Å². The second-order valence-corrected chi connectivity index (χ2v) is 6.74. The number of ether oxygens (including phenoxy) is 1. The summed E-state index contributed by atoms with van der Waals surface area (Å²) >= 11 is 0. The van der Waals surface area contributed by atoms with Crippen molar-refractivity contribution in [1.82, 2.24) is 14.9 Å². The maximum Gasteiger partial charge on any atom is 0.257 e. The number of piperidine rings is 1. The van der Waals surface area contributed by atoms with E-state index in [1.165, 1.54) is 0 Å². The Morgan fingerprint density at radius 3 is 2.96 bits per heavy atom. The summed E-state index contributed by atoms with van der Waals surface area (Å²) in [6.45, 7) is 5.22. The Hall–Kier alpha value is -2.41. The van der Waals surface area contributed by atoms with Crippen molar-refractivity contribution in [2.45, 2.75) is 25.4 Å². The Balaban J connectivity index is 1.51. The van der Waals surface area contributed by atoms with Crippen LogP contribution in [0.5, 0.6) is 0 Å². The number of furan rings is 1. The summed E-state index contributed by atoms with van der Waals surface area (Å²) in [6.07, 6.45) is 8.67. The molecule has 2 aliphatic rings. The maximum atomic E-state index is 12.8. The van der Waals surface area contributed by atoms with Crippen LogP contribution < -0.4 is 4.90 Å². The van der Waals surface area contributed by atoms with E-state index in [1.54, 1.807) is 30.9 Å². The van der Waals surface area contributed by atoms with Gasteiger partial charge in [0.05, 0.1) is 37.7 Å². The second-order valence-electron chi connectivity index (χ2n) is 6.74. The third kappa shape index (κ3) is 3.11. The molecule has 0 radical (unpaired) electrons. The Morgan fingerprint density at radius 2 is 2.20 bits per heavy atom. The first-order chi connectivity index (χ1) is 12.2. The van der Waals surface area contributed by atoms with Gasteiger partial charge in [0.2, 0.25) is 0 Å². The van der Waals surface area contributed by atoms with E-state index in [0.29, 0.717) is 31.0 Å². The van der Waals surface area contributed by atoms with Gasteiger partial charge in [-0.05, 0) is 25.8 Å². The Bertz CT molecular complexity index is 744. The van der Waals surface area contributed by atoms with Gasteiger partial charge in [-0.15, -0.1) is 0 Å². The fourth-order valence-electron chi connectivity index (χ4n) is 3.79. The molecule has 2 aromatic heterocycles. The van der Waals surface area contributed by atoms with Gasteiger partial charge in [-0.3, -0.25) is 9.78 Å². The zero-order valence-electron chi connectivity index (χ0n) is 14.4. The predicted octanol–water partition coefficient (Wildman–Crippen LogP) is 1.89. The van der Waals surface area contributed by atoms with Crippen molar-refractivity contribution in [1.29, 1.82) is 0 Å². The largest absolute Gasteiger partial charge is 0.469 e. The number of carbonyl (C=O) groups is 1. The summed E-state index contributed by atoms with van der Waals surface area (Å²) in [7, 11) is 0. The molecular weight excluding hydrogens is 320 g/mol. The molecule has 7 heteroatoms. The van der Waals surface area contributed by atoms with Gasteiger partial charge in [-0.25, -0.2) is 4.98 Å². The fraction of sp³-hybridized carbons (Fsp3) is 0.500. The number of aromatic nitrogens is 2. The van der Waals surface area contributed by atoms with Crippen molar-refractivity contribution in [2.75, 3.05) is 37.7 Å². The van der Waals surface area contributed by atoms with Gasteiger partial charge in [0.1, 0.15) is 17.2 Å². The van der Waals surface area contributed by atoms with Gasteiger partial charge in [-0.1, -0.05) is 0 Å². The number of anilines is 1. The minimum absolute atomic E-state index is 0.0190. The summed E-state index contributed by atoms with van der Waals surface area (Å²) in [5.41, 5.74) is 0.292. The number of nitrogens with zero attached hydrogens (tertiary/aromatic N) is 4. The van der Waals surface area contributed by atoms with E-state index in [4.69, 9.17) is 9.15 Å². The smallest absolute Gasteiger partial charge is 0.257 e. The average molecular weight is 342 g/mol. The number of carbonyl (C=O) groups excluding carboxylic acids is 1. The molecule has 25 heavy (non-hydrogen) atoms. The Morgan fingerprint density at radius 1 is 1.28 bits per heavy atom. The van der Waals surface area contributed by atoms with E-state index in [1.807, 2.05) is 11.8 Å². The van der Waals surface area contributed by atoms with Crippen LogP contribution in [-0.2, 0) is 4.74 Å². The lowest BCUT2D eigenvalue weighted by molar-refractivity contribution is -0.105. The summed E-state index contributed by atoms with van der Waals surface area (Å²) < 4.78 is 11.5. The minimum Gasteiger partial charge on any atom is -0.469 e. The lowest BCUT2D eigenvalue weighted by atomic mass is 9.90. The average Bonchev–Trinajstić information content (AvgIpc) is 3.08. The molecule has 1 spiro atoms. The number of morpholine rings is 1. The number of hydrogen-bond donors (Lipinski definition) is 0. The van der Waals surface area contributed by atoms with Gasteiger partial charge < -0.3 is 19.0 Å². The molecule has 4 rings (SSSR count). The molecule has 2 fully saturated rings. The van der Waals surface area contributed by atoms with Gasteiger partial charge >= 0.3 is 0 Å². The molecule has 7 nitrogen and oxygen atoms in total. The van der Waals surface area contributed by atoms with Crippen LogP contribution in [0.2, 0.25) is 0 Å². The van der Waals surface area contributed by atoms with E-state index in [-0.39, 0.29) is 11.5 Å². The Kier molecular flexibility index (Phi) is 4.17. The zero-order chi connectivity index (χ0) is 17.3. The molecule has 4 heterocycles. The van der Waals surface area contributed by atoms with Crippen LogP contribution in [0.1, 0.15) is 29.0 Å². The van der Waals surface area contributed by atoms with Crippen molar-refractivity contribution < 1.29 is 13.9 Å². The standard InChI is InChI=1S/C18H22N4O3/c1-14-15(3-9-24-14)17(23)22-8-10-25-18(13-22)4-2-7-21(12-18)16-11-19-5-6-20-16/h3,5-6,9,11H,2,4,7-8,10,12-13H2,1H3. The molecule has 132 valence electrons. The maximum absolute atomic E-state index is 12.8. The molecule has 1 amide bonds. The molecule has 0 saturated carbocycles. The van der Waals surface area contributed by atoms with Crippen molar-refractivity contribution in [3.63, 3.8) is 0 Å². The highest BCUT2D eigenvalue weighted by molar-refractivity contribution is 5.95. The number of hydrogen-bond acceptors (Lipinski definition) is 6. The molecule has 0 bridgehead atoms. The topological polar surface area (TPSA) is 71.7 Å². The van der Waals surface area contributed by atoms with Gasteiger partial charge in [0.15, 0.2) is 0 Å². The predicted molar refractivity (Wildman–Crippen MR) is 91.5 cm³/mol. The first-order valence-corrected chi connectivity index (χ1v) is 8.65. The number of amides is 1. The minimum atomic E-state index is -0.346. The molecule has 2 aromatic rings. The fourth-order valence-corrected chi connectivity index (χ4v) is 3.79. The monoisotopic (exact) mass is 342 g/mol. The van der Waals surface area contributed by atoms with Crippen LogP contribution in [0.3, 0.4) is 0 Å². The van der Waals surface area contributed by atoms with Crippen LogP contribution in [0.4, 0.5) is 5.82 Å². The lowest BCUT2D eigenvalue weighted by Crippen LogP contribution is -2.61. The van der Waals surface area contributed by atoms with Gasteiger partial charge in [0.25, 0.3) is 5.91 Å². The summed E-state index contributed by atoms with van der Waals surface area (Å²) in [4.78, 5) is 25.5. The molecule has 1 unspecified atom stereocenters. The third-order valence-corrected chi connectivity index (χ3v) is 5.04. The molecule has 2 aliphatic heterocycles. The zero-order valence-corrected chi connectivity index (χ0v) is 14.4. The third-order valence-electron chi connectivity index (χ3n) is 5.04. The highest BCUT2D eigenvalue weighted by Crippen LogP contribution is 2.31. The van der Waals surface area contributed by atoms with E-state index in [0.717, 1.165) is 31.7 Å². The quantitative estimate of drug-likeness (QED) is 0.830. The van der Waals surface area contributed by atoms with E-state index >= 15 is 0 Å². The van der Waals surface area contributed by atoms with Crippen LogP contribution in [-0.4, -0.2) is 59.2 Å². The molecular formula is C18H22N4O3. The number of aryl methyl sites for hydroxylation is 1. The highest BCUT2D eigenvalue weighted by atomic mass is 16.5. The van der Waals surface area contributed by atoms with Gasteiger partial charge in [-0.2, -0.15) is 0 Å². The van der Waals surface area contributed by atoms with Crippen LogP contribution in [0.25, 0.3) is 0 Å². The van der Waals surface area contributed by atoms with Crippen molar-refractivity contribution in [2.24, 2.45) is 0 Å². The van der Waals surface area contributed by atoms with E-state index < -0.39 is 0 Å². The number of rotatable bonds is 2. The molecule has 0 aromatic carbocycles. The molecule has 1 atom stereocenters. The Labute approximate surface area is 146 Å². The van der Waals surface area contributed by atoms with E-state index in [2.05, 4.69) is 14.9 Å². The van der Waals surface area contributed by atoms with Crippen molar-refractivity contribution in [3.05, 3.63) is 42.2 Å². The van der Waals surface area contributed by atoms with Gasteiger partial charge in [0, 0.05) is 25.5 Å². The SMILES string of the molecule is Cc1occc1C(=O)N1CCOC2(CCCN(c3cnccn3)C2)C1. The normalized spacial score (nSPS) is 23.9. The first-order valence-electron chi connectivity index (χ1n) is 8.65. The molecule has 0 aliphatic carbocycles. The second kappa shape index (κ2) is 6.48. The lowest BCUT2D eigenvalue weighted by Gasteiger charge is -2.48.